The number of nitrogens with zero attached hydrogens (tertiary/aromatic N) is 4. The molecule has 0 aliphatic heterocycles. The maximum Gasteiger partial charge on any atom is 0.231 e. The summed E-state index contributed by atoms with van der Waals surface area (Å²) in [5.41, 5.74) is 0.0762. The summed E-state index contributed by atoms with van der Waals surface area (Å²) in [6.45, 7) is 7.95. The molecule has 1 N–H and O–H groups in total. The number of nitrogens with one attached hydrogen (secondary N) is 1. The van der Waals surface area contributed by atoms with E-state index in [9.17, 15) is 10.1 Å². The minimum absolute atomic E-state index is 0.170. The van der Waals surface area contributed by atoms with Crippen molar-refractivity contribution in [1.29, 1.82) is 5.26 Å². The Morgan fingerprint density at radius 3 is 2.96 bits per heavy atom. The van der Waals surface area contributed by atoms with Crippen LogP contribution in [0.3, 0.4) is 0 Å². The fraction of sp³-hybridized carbons (Fsp3) is 0.444. The van der Waals surface area contributed by atoms with Gasteiger partial charge in [0.05, 0.1) is 23.6 Å². The van der Waals surface area contributed by atoms with E-state index in [2.05, 4.69) is 28.2 Å². The summed E-state index contributed by atoms with van der Waals surface area (Å²) in [6.07, 6.45) is 5.34. The summed E-state index contributed by atoms with van der Waals surface area (Å²) in [5, 5.41) is 21.3. The van der Waals surface area contributed by atoms with Crippen molar-refractivity contribution >= 4 is 17.7 Å². The summed E-state index contributed by atoms with van der Waals surface area (Å²) in [4.78, 5) is 12.3. The summed E-state index contributed by atoms with van der Waals surface area (Å²) >= 11 is 1.29. The number of allylic oxidation sites excluding steroid dienone is 1. The number of carbonyl (C=O) groups is 1. The Morgan fingerprint density at radius 1 is 1.62 bits per heavy atom. The average Bonchev–Trinajstić information content (AvgIpc) is 3.30. The number of amides is 1. The molecule has 7 nitrogen and oxygen atoms in total. The second kappa shape index (κ2) is 7.38. The predicted octanol–water partition coefficient (Wildman–Crippen LogP) is 2.93. The van der Waals surface area contributed by atoms with E-state index in [0.717, 1.165) is 24.2 Å². The van der Waals surface area contributed by atoms with E-state index in [-0.39, 0.29) is 17.6 Å². The van der Waals surface area contributed by atoms with E-state index in [1.54, 1.807) is 19.3 Å². The zero-order valence-electron chi connectivity index (χ0n) is 14.9. The largest absolute Gasteiger partial charge is 0.469 e. The summed E-state index contributed by atoms with van der Waals surface area (Å²) in [7, 11) is 0. The fourth-order valence-electron chi connectivity index (χ4n) is 2.84. The van der Waals surface area contributed by atoms with Crippen LogP contribution < -0.4 is 5.32 Å². The first-order chi connectivity index (χ1) is 12.5. The van der Waals surface area contributed by atoms with Crippen molar-refractivity contribution in [2.45, 2.75) is 43.9 Å². The molecule has 26 heavy (non-hydrogen) atoms. The highest BCUT2D eigenvalue weighted by Crippen LogP contribution is 2.39. The molecule has 0 bridgehead atoms. The number of aromatic nitrogens is 3. The van der Waals surface area contributed by atoms with Crippen LogP contribution in [-0.2, 0) is 11.3 Å². The lowest BCUT2D eigenvalue weighted by molar-refractivity contribution is -0.119. The highest BCUT2D eigenvalue weighted by Gasteiger charge is 2.43. The van der Waals surface area contributed by atoms with Crippen LogP contribution in [0.25, 0.3) is 11.4 Å². The Kier molecular flexibility index (Phi) is 5.18. The van der Waals surface area contributed by atoms with Crippen molar-refractivity contribution < 1.29 is 9.21 Å². The number of rotatable bonds is 8. The highest BCUT2D eigenvalue weighted by molar-refractivity contribution is 7.99. The van der Waals surface area contributed by atoms with Crippen LogP contribution in [-0.4, -0.2) is 32.0 Å². The molecule has 1 unspecified atom stereocenters. The van der Waals surface area contributed by atoms with Gasteiger partial charge in [0.25, 0.3) is 0 Å². The molecule has 0 radical (unpaired) electrons. The Hall–Kier alpha value is -2.53. The van der Waals surface area contributed by atoms with Gasteiger partial charge in [-0.2, -0.15) is 5.26 Å². The molecule has 2 heterocycles. The molecular formula is C18H21N5O2S. The Morgan fingerprint density at radius 2 is 2.38 bits per heavy atom. The van der Waals surface area contributed by atoms with Crippen molar-refractivity contribution in [2.75, 3.05) is 5.75 Å². The number of nitriles is 1. The van der Waals surface area contributed by atoms with Crippen LogP contribution in [0.1, 0.15) is 25.5 Å². The van der Waals surface area contributed by atoms with E-state index in [1.807, 2.05) is 17.6 Å². The van der Waals surface area contributed by atoms with Crippen LogP contribution >= 0.6 is 11.8 Å². The lowest BCUT2D eigenvalue weighted by atomic mass is 9.98. The summed E-state index contributed by atoms with van der Waals surface area (Å²) < 4.78 is 7.24. The Bertz CT molecular complexity index is 861. The van der Waals surface area contributed by atoms with Gasteiger partial charge in [-0.25, -0.2) is 0 Å². The molecule has 1 saturated carbocycles. The maximum atomic E-state index is 12.3. The van der Waals surface area contributed by atoms with Crippen molar-refractivity contribution in [3.05, 3.63) is 30.7 Å². The van der Waals surface area contributed by atoms with Crippen molar-refractivity contribution in [2.24, 2.45) is 5.92 Å². The van der Waals surface area contributed by atoms with Gasteiger partial charge in [-0.3, -0.25) is 9.36 Å². The molecule has 136 valence electrons. The van der Waals surface area contributed by atoms with Crippen LogP contribution in [0, 0.1) is 24.2 Å². The third kappa shape index (κ3) is 3.68. The topological polar surface area (TPSA) is 96.7 Å². The quantitative estimate of drug-likeness (QED) is 0.566. The van der Waals surface area contributed by atoms with Gasteiger partial charge < -0.3 is 9.73 Å². The molecule has 2 aromatic rings. The molecule has 1 fully saturated rings. The fourth-order valence-corrected chi connectivity index (χ4v) is 3.59. The molecule has 1 amide bonds. The zero-order chi connectivity index (χ0) is 18.7. The molecule has 3 rings (SSSR count). The lowest BCUT2D eigenvalue weighted by Gasteiger charge is -2.22. The van der Waals surface area contributed by atoms with Crippen molar-refractivity contribution in [3.63, 3.8) is 0 Å². The molecule has 0 aromatic carbocycles. The van der Waals surface area contributed by atoms with Gasteiger partial charge in [-0.05, 0) is 38.7 Å². The second-order valence-corrected chi connectivity index (χ2v) is 7.46. The minimum atomic E-state index is -0.786. The molecule has 2 aromatic heterocycles. The monoisotopic (exact) mass is 371 g/mol. The molecule has 1 atom stereocenters. The second-order valence-electron chi connectivity index (χ2n) is 6.52. The van der Waals surface area contributed by atoms with E-state index in [1.165, 1.54) is 11.8 Å². The third-order valence-electron chi connectivity index (χ3n) is 4.49. The lowest BCUT2D eigenvalue weighted by Crippen LogP contribution is -2.47. The Balaban J connectivity index is 1.71. The first-order valence-corrected chi connectivity index (χ1v) is 9.40. The third-order valence-corrected chi connectivity index (χ3v) is 5.45. The minimum Gasteiger partial charge on any atom is -0.469 e. The van der Waals surface area contributed by atoms with Crippen LogP contribution in [0.5, 0.6) is 0 Å². The number of hydrogen-bond acceptors (Lipinski definition) is 6. The van der Waals surface area contributed by atoms with Crippen LogP contribution in [0.2, 0.25) is 0 Å². The van der Waals surface area contributed by atoms with E-state index < -0.39 is 5.54 Å². The molecule has 0 saturated heterocycles. The smallest absolute Gasteiger partial charge is 0.231 e. The van der Waals surface area contributed by atoms with Gasteiger partial charge in [0, 0.05) is 6.54 Å². The highest BCUT2D eigenvalue weighted by atomic mass is 32.2. The van der Waals surface area contributed by atoms with E-state index >= 15 is 0 Å². The predicted molar refractivity (Wildman–Crippen MR) is 98.3 cm³/mol. The Labute approximate surface area is 156 Å². The number of aryl methyl sites for hydroxylation is 1. The number of furan rings is 1. The van der Waals surface area contributed by atoms with Gasteiger partial charge >= 0.3 is 0 Å². The van der Waals surface area contributed by atoms with E-state index in [4.69, 9.17) is 4.42 Å². The van der Waals surface area contributed by atoms with Gasteiger partial charge in [0.15, 0.2) is 11.0 Å². The van der Waals surface area contributed by atoms with Crippen LogP contribution in [0.15, 0.2) is 34.6 Å². The standard InChI is InChI=1S/C18H21N5O2S/c1-4-8-23-16(14-7-9-25-12(14)2)21-22-17(23)26-10-15(24)20-18(3,11-19)13-5-6-13/h4,7,9,13H,1,5-6,8,10H2,2-3H3,(H,20,24). The average molecular weight is 371 g/mol. The summed E-state index contributed by atoms with van der Waals surface area (Å²) in [5.74, 6) is 1.68. The molecule has 1 aliphatic rings. The maximum absolute atomic E-state index is 12.3. The zero-order valence-corrected chi connectivity index (χ0v) is 15.7. The molecule has 8 heteroatoms. The SMILES string of the molecule is C=CCn1c(SCC(=O)NC(C)(C#N)C2CC2)nnc1-c1ccoc1C. The number of carbonyl (C=O) groups excluding carboxylic acids is 1. The van der Waals surface area contributed by atoms with Gasteiger partial charge in [-0.1, -0.05) is 17.8 Å². The number of thioether (sulfide) groups is 1. The molecular weight excluding hydrogens is 350 g/mol. The first-order valence-electron chi connectivity index (χ1n) is 8.42. The summed E-state index contributed by atoms with van der Waals surface area (Å²) in [6, 6.07) is 4.07. The normalized spacial score (nSPS) is 15.9. The van der Waals surface area contributed by atoms with Crippen LogP contribution in [0.4, 0.5) is 0 Å². The molecule has 0 spiro atoms. The van der Waals surface area contributed by atoms with Crippen molar-refractivity contribution in [3.8, 4) is 17.5 Å². The number of hydrogen-bond donors (Lipinski definition) is 1. The van der Waals surface area contributed by atoms with Gasteiger partial charge in [-0.15, -0.1) is 16.8 Å². The van der Waals surface area contributed by atoms with E-state index in [0.29, 0.717) is 17.5 Å². The molecule has 1 aliphatic carbocycles. The first kappa shape index (κ1) is 18.3. The van der Waals surface area contributed by atoms with Gasteiger partial charge in [0.1, 0.15) is 11.3 Å². The van der Waals surface area contributed by atoms with Crippen molar-refractivity contribution in [1.82, 2.24) is 20.1 Å². The van der Waals surface area contributed by atoms with Gasteiger partial charge in [0.2, 0.25) is 5.91 Å².